The Hall–Kier alpha value is -2.69. The van der Waals surface area contributed by atoms with E-state index in [0.29, 0.717) is 5.75 Å². The Morgan fingerprint density at radius 2 is 1.87 bits per heavy atom. The monoisotopic (exact) mass is 313 g/mol. The van der Waals surface area contributed by atoms with Crippen LogP contribution in [0.25, 0.3) is 0 Å². The summed E-state index contributed by atoms with van der Waals surface area (Å²) in [5, 5.41) is 0. The molecule has 1 fully saturated rings. The molecule has 0 saturated carbocycles. The number of anilines is 1. The zero-order valence-electron chi connectivity index (χ0n) is 12.7. The molecule has 5 heteroatoms. The molecule has 3 rings (SSSR count). The second-order valence-electron chi connectivity index (χ2n) is 5.54. The number of amides is 1. The van der Waals surface area contributed by atoms with Gasteiger partial charge in [-0.2, -0.15) is 0 Å². The molecular weight excluding hydrogens is 297 g/mol. The number of para-hydroxylation sites is 2. The molecular formula is C18H16FNO3. The quantitative estimate of drug-likeness (QED) is 0.646. The summed E-state index contributed by atoms with van der Waals surface area (Å²) in [6.07, 6.45) is 0.0268. The van der Waals surface area contributed by atoms with Crippen LogP contribution in [-0.2, 0) is 9.59 Å². The van der Waals surface area contributed by atoms with Crippen LogP contribution in [0.3, 0.4) is 0 Å². The van der Waals surface area contributed by atoms with Crippen molar-refractivity contribution in [1.29, 1.82) is 0 Å². The highest BCUT2D eigenvalue weighted by Crippen LogP contribution is 2.28. The molecule has 0 aromatic heterocycles. The average Bonchev–Trinajstić information content (AvgIpc) is 2.92. The highest BCUT2D eigenvalue weighted by atomic mass is 19.1. The smallest absolute Gasteiger partial charge is 0.316 e. The van der Waals surface area contributed by atoms with Gasteiger partial charge < -0.3 is 9.64 Å². The van der Waals surface area contributed by atoms with Crippen LogP contribution in [-0.4, -0.2) is 18.4 Å². The van der Waals surface area contributed by atoms with Crippen molar-refractivity contribution in [3.8, 4) is 5.75 Å². The number of ether oxygens (including phenoxy) is 1. The summed E-state index contributed by atoms with van der Waals surface area (Å²) in [5.74, 6) is -1.34. The van der Waals surface area contributed by atoms with E-state index in [0.717, 1.165) is 5.56 Å². The zero-order valence-corrected chi connectivity index (χ0v) is 12.7. The summed E-state index contributed by atoms with van der Waals surface area (Å²) in [5.41, 5.74) is 1.04. The van der Waals surface area contributed by atoms with Crippen molar-refractivity contribution >= 4 is 17.6 Å². The maximum absolute atomic E-state index is 13.8. The van der Waals surface area contributed by atoms with Crippen molar-refractivity contribution in [3.05, 3.63) is 59.9 Å². The molecule has 0 unspecified atom stereocenters. The van der Waals surface area contributed by atoms with Gasteiger partial charge in [0.05, 0.1) is 11.6 Å². The Morgan fingerprint density at radius 3 is 2.61 bits per heavy atom. The normalized spacial score (nSPS) is 17.4. The molecule has 0 spiro atoms. The summed E-state index contributed by atoms with van der Waals surface area (Å²) < 4.78 is 19.2. The first-order chi connectivity index (χ1) is 11.1. The van der Waals surface area contributed by atoms with E-state index in [4.69, 9.17) is 4.74 Å². The fraction of sp³-hybridized carbons (Fsp3) is 0.222. The van der Waals surface area contributed by atoms with Gasteiger partial charge in [0, 0.05) is 13.0 Å². The highest BCUT2D eigenvalue weighted by molar-refractivity contribution is 5.99. The second kappa shape index (κ2) is 6.20. The topological polar surface area (TPSA) is 46.6 Å². The SMILES string of the molecule is Cc1ccccc1OC(=O)[C@H]1CC(=O)N(c2ccccc2F)C1. The number of benzene rings is 2. The number of hydrogen-bond donors (Lipinski definition) is 0. The molecule has 0 radical (unpaired) electrons. The van der Waals surface area contributed by atoms with Gasteiger partial charge in [0.15, 0.2) is 0 Å². The predicted molar refractivity (Wildman–Crippen MR) is 83.7 cm³/mol. The maximum atomic E-state index is 13.8. The van der Waals surface area contributed by atoms with Crippen LogP contribution < -0.4 is 9.64 Å². The van der Waals surface area contributed by atoms with Crippen molar-refractivity contribution in [3.63, 3.8) is 0 Å². The van der Waals surface area contributed by atoms with Crippen LogP contribution in [0, 0.1) is 18.7 Å². The van der Waals surface area contributed by atoms with E-state index in [9.17, 15) is 14.0 Å². The molecule has 0 bridgehead atoms. The Labute approximate surface area is 133 Å². The standard InChI is InChI=1S/C18H16FNO3/c1-12-6-2-5-9-16(12)23-18(22)13-10-17(21)20(11-13)15-8-4-3-7-14(15)19/h2-9,13H,10-11H2,1H3/t13-/m0/s1. The van der Waals surface area contributed by atoms with Crippen molar-refractivity contribution in [2.24, 2.45) is 5.92 Å². The molecule has 0 N–H and O–H groups in total. The number of halogens is 1. The lowest BCUT2D eigenvalue weighted by atomic mass is 10.1. The number of hydrogen-bond acceptors (Lipinski definition) is 3. The molecule has 1 atom stereocenters. The highest BCUT2D eigenvalue weighted by Gasteiger charge is 2.37. The van der Waals surface area contributed by atoms with E-state index in [1.54, 1.807) is 24.3 Å². The molecule has 1 saturated heterocycles. The van der Waals surface area contributed by atoms with Gasteiger partial charge in [-0.15, -0.1) is 0 Å². The van der Waals surface area contributed by atoms with Crippen LogP contribution in [0.2, 0.25) is 0 Å². The first-order valence-corrected chi connectivity index (χ1v) is 7.38. The molecule has 23 heavy (non-hydrogen) atoms. The van der Waals surface area contributed by atoms with Crippen LogP contribution in [0.15, 0.2) is 48.5 Å². The molecule has 4 nitrogen and oxygen atoms in total. The van der Waals surface area contributed by atoms with Crippen LogP contribution >= 0.6 is 0 Å². The van der Waals surface area contributed by atoms with Gasteiger partial charge in [-0.05, 0) is 30.7 Å². The molecule has 2 aromatic carbocycles. The molecule has 1 aliphatic heterocycles. The van der Waals surface area contributed by atoms with E-state index in [-0.39, 0.29) is 24.6 Å². The van der Waals surface area contributed by atoms with Crippen molar-refractivity contribution in [1.82, 2.24) is 0 Å². The van der Waals surface area contributed by atoms with E-state index in [1.807, 2.05) is 19.1 Å². The third-order valence-electron chi connectivity index (χ3n) is 3.91. The summed E-state index contributed by atoms with van der Waals surface area (Å²) in [7, 11) is 0. The Kier molecular flexibility index (Phi) is 4.10. The lowest BCUT2D eigenvalue weighted by Gasteiger charge is -2.17. The summed E-state index contributed by atoms with van der Waals surface area (Å²) in [4.78, 5) is 25.7. The van der Waals surface area contributed by atoms with E-state index >= 15 is 0 Å². The number of carbonyl (C=O) groups is 2. The third kappa shape index (κ3) is 3.08. The number of esters is 1. The van der Waals surface area contributed by atoms with Crippen LogP contribution in [0.5, 0.6) is 5.75 Å². The van der Waals surface area contributed by atoms with E-state index in [1.165, 1.54) is 17.0 Å². The molecule has 1 heterocycles. The van der Waals surface area contributed by atoms with E-state index < -0.39 is 17.7 Å². The minimum Gasteiger partial charge on any atom is -0.426 e. The first-order valence-electron chi connectivity index (χ1n) is 7.38. The molecule has 0 aliphatic carbocycles. The van der Waals surface area contributed by atoms with Crippen LogP contribution in [0.4, 0.5) is 10.1 Å². The fourth-order valence-electron chi connectivity index (χ4n) is 2.63. The van der Waals surface area contributed by atoms with Gasteiger partial charge in [0.25, 0.3) is 0 Å². The van der Waals surface area contributed by atoms with Crippen molar-refractivity contribution < 1.29 is 18.7 Å². The van der Waals surface area contributed by atoms with Crippen LogP contribution in [0.1, 0.15) is 12.0 Å². The summed E-state index contributed by atoms with van der Waals surface area (Å²) in [6.45, 7) is 1.97. The maximum Gasteiger partial charge on any atom is 0.316 e. The van der Waals surface area contributed by atoms with Crippen molar-refractivity contribution in [2.75, 3.05) is 11.4 Å². The number of carbonyl (C=O) groups excluding carboxylic acids is 2. The van der Waals surface area contributed by atoms with Gasteiger partial charge >= 0.3 is 5.97 Å². The average molecular weight is 313 g/mol. The minimum absolute atomic E-state index is 0.0268. The van der Waals surface area contributed by atoms with Gasteiger partial charge in [0.1, 0.15) is 11.6 Å². The molecule has 118 valence electrons. The summed E-state index contributed by atoms with van der Waals surface area (Å²) in [6, 6.07) is 13.2. The van der Waals surface area contributed by atoms with Gasteiger partial charge in [0.2, 0.25) is 5.91 Å². The molecule has 2 aromatic rings. The Balaban J connectivity index is 1.74. The Bertz CT molecular complexity index is 759. The predicted octanol–water partition coefficient (Wildman–Crippen LogP) is 3.09. The van der Waals surface area contributed by atoms with Crippen molar-refractivity contribution in [2.45, 2.75) is 13.3 Å². The third-order valence-corrected chi connectivity index (χ3v) is 3.91. The molecule has 1 aliphatic rings. The number of nitrogens with zero attached hydrogens (tertiary/aromatic N) is 1. The van der Waals surface area contributed by atoms with Gasteiger partial charge in [-0.25, -0.2) is 4.39 Å². The number of aryl methyl sites for hydroxylation is 1. The zero-order chi connectivity index (χ0) is 16.4. The number of rotatable bonds is 3. The largest absolute Gasteiger partial charge is 0.426 e. The summed E-state index contributed by atoms with van der Waals surface area (Å²) >= 11 is 0. The second-order valence-corrected chi connectivity index (χ2v) is 5.54. The lowest BCUT2D eigenvalue weighted by molar-refractivity contribution is -0.139. The molecule has 1 amide bonds. The van der Waals surface area contributed by atoms with Gasteiger partial charge in [-0.3, -0.25) is 9.59 Å². The lowest BCUT2D eigenvalue weighted by Crippen LogP contribution is -2.28. The van der Waals surface area contributed by atoms with E-state index in [2.05, 4.69) is 0 Å². The first kappa shape index (κ1) is 15.2. The Morgan fingerprint density at radius 1 is 1.17 bits per heavy atom. The van der Waals surface area contributed by atoms with Gasteiger partial charge in [-0.1, -0.05) is 30.3 Å². The fourth-order valence-corrected chi connectivity index (χ4v) is 2.63. The minimum atomic E-state index is -0.596.